The second kappa shape index (κ2) is 8.98. The molecule has 1 N–H and O–H groups in total. The van der Waals surface area contributed by atoms with Crippen molar-refractivity contribution in [3.8, 4) is 5.75 Å². The van der Waals surface area contributed by atoms with Gasteiger partial charge in [0.1, 0.15) is 5.75 Å². The Morgan fingerprint density at radius 1 is 1.17 bits per heavy atom. The van der Waals surface area contributed by atoms with Crippen LogP contribution < -0.4 is 4.74 Å². The van der Waals surface area contributed by atoms with Gasteiger partial charge >= 0.3 is 0 Å². The van der Waals surface area contributed by atoms with E-state index in [2.05, 4.69) is 19.9 Å². The Hall–Kier alpha value is -1.02. The van der Waals surface area contributed by atoms with Gasteiger partial charge in [-0.3, -0.25) is 0 Å². The van der Waals surface area contributed by atoms with Crippen molar-refractivity contribution in [2.75, 3.05) is 6.61 Å². The molecule has 0 aliphatic heterocycles. The third-order valence-electron chi connectivity index (χ3n) is 3.10. The lowest BCUT2D eigenvalue weighted by molar-refractivity contribution is 0.128. The van der Waals surface area contributed by atoms with E-state index in [0.29, 0.717) is 6.61 Å². The van der Waals surface area contributed by atoms with Crippen molar-refractivity contribution in [3.63, 3.8) is 0 Å². The molecule has 0 heterocycles. The summed E-state index contributed by atoms with van der Waals surface area (Å²) in [5, 5.41) is 9.80. The number of aliphatic hydroxyl groups excluding tert-OH is 1. The summed E-state index contributed by atoms with van der Waals surface area (Å²) >= 11 is 0. The molecule has 1 aromatic carbocycles. The number of benzene rings is 1. The van der Waals surface area contributed by atoms with Crippen molar-refractivity contribution >= 4 is 0 Å². The summed E-state index contributed by atoms with van der Waals surface area (Å²) in [5.74, 6) is 0.896. The van der Waals surface area contributed by atoms with E-state index in [1.165, 1.54) is 24.8 Å². The topological polar surface area (TPSA) is 29.5 Å². The van der Waals surface area contributed by atoms with Gasteiger partial charge in [0.2, 0.25) is 0 Å². The van der Waals surface area contributed by atoms with Gasteiger partial charge in [0.15, 0.2) is 0 Å². The van der Waals surface area contributed by atoms with E-state index in [0.717, 1.165) is 25.0 Å². The zero-order valence-electron chi connectivity index (χ0n) is 11.7. The van der Waals surface area contributed by atoms with Crippen LogP contribution in [0.1, 0.15) is 51.0 Å². The fourth-order valence-corrected chi connectivity index (χ4v) is 1.97. The van der Waals surface area contributed by atoms with Crippen LogP contribution in [0, 0.1) is 6.92 Å². The fourth-order valence-electron chi connectivity index (χ4n) is 1.97. The van der Waals surface area contributed by atoms with E-state index in [1.54, 1.807) is 0 Å². The highest BCUT2D eigenvalue weighted by Gasteiger charge is 2.04. The zero-order valence-corrected chi connectivity index (χ0v) is 11.7. The Morgan fingerprint density at radius 3 is 2.72 bits per heavy atom. The Morgan fingerprint density at radius 2 is 2.00 bits per heavy atom. The zero-order chi connectivity index (χ0) is 13.2. The van der Waals surface area contributed by atoms with Gasteiger partial charge in [-0.1, -0.05) is 44.7 Å². The average Bonchev–Trinajstić information content (AvgIpc) is 2.35. The average molecular weight is 250 g/mol. The van der Waals surface area contributed by atoms with E-state index in [-0.39, 0.29) is 6.10 Å². The minimum Gasteiger partial charge on any atom is -0.493 e. The molecule has 102 valence electrons. The quantitative estimate of drug-likeness (QED) is 0.669. The number of aliphatic hydroxyl groups is 1. The number of aryl methyl sites for hydroxylation is 1. The second-order valence-corrected chi connectivity index (χ2v) is 4.96. The maximum absolute atomic E-state index is 9.80. The highest BCUT2D eigenvalue weighted by molar-refractivity contribution is 5.27. The summed E-state index contributed by atoms with van der Waals surface area (Å²) in [6.07, 6.45) is 6.27. The molecule has 0 saturated heterocycles. The van der Waals surface area contributed by atoms with E-state index < -0.39 is 0 Å². The molecular weight excluding hydrogens is 224 g/mol. The molecule has 0 spiro atoms. The molecule has 1 unspecified atom stereocenters. The molecule has 0 fully saturated rings. The van der Waals surface area contributed by atoms with Gasteiger partial charge in [0.05, 0.1) is 12.7 Å². The van der Waals surface area contributed by atoms with E-state index in [4.69, 9.17) is 4.74 Å². The first-order valence-electron chi connectivity index (χ1n) is 7.10. The predicted octanol–water partition coefficient (Wildman–Crippen LogP) is 4.10. The Labute approximate surface area is 111 Å². The van der Waals surface area contributed by atoms with Crippen molar-refractivity contribution in [1.29, 1.82) is 0 Å². The molecule has 0 aliphatic carbocycles. The van der Waals surface area contributed by atoms with Crippen LogP contribution in [-0.4, -0.2) is 17.8 Å². The minimum atomic E-state index is -0.216. The number of ether oxygens (including phenoxy) is 1. The van der Waals surface area contributed by atoms with Crippen molar-refractivity contribution in [1.82, 2.24) is 0 Å². The molecule has 1 atom stereocenters. The third kappa shape index (κ3) is 6.65. The van der Waals surface area contributed by atoms with Crippen molar-refractivity contribution in [2.24, 2.45) is 0 Å². The standard InChI is InChI=1S/C16H26O2/c1-3-4-5-6-9-15(17)11-12-18-16-10-7-8-14(2)13-16/h7-8,10,13,15,17H,3-6,9,11-12H2,1-2H3. The van der Waals surface area contributed by atoms with Crippen molar-refractivity contribution < 1.29 is 9.84 Å². The lowest BCUT2D eigenvalue weighted by Gasteiger charge is -2.11. The smallest absolute Gasteiger partial charge is 0.119 e. The SMILES string of the molecule is CCCCCCC(O)CCOc1cccc(C)c1. The lowest BCUT2D eigenvalue weighted by Crippen LogP contribution is -2.11. The molecule has 1 aromatic rings. The lowest BCUT2D eigenvalue weighted by atomic mass is 10.1. The highest BCUT2D eigenvalue weighted by Crippen LogP contribution is 2.13. The predicted molar refractivity (Wildman–Crippen MR) is 76.1 cm³/mol. The minimum absolute atomic E-state index is 0.216. The summed E-state index contributed by atoms with van der Waals surface area (Å²) in [6, 6.07) is 8.02. The van der Waals surface area contributed by atoms with Crippen LogP contribution >= 0.6 is 0 Å². The van der Waals surface area contributed by atoms with Crippen LogP contribution in [0.2, 0.25) is 0 Å². The molecule has 0 amide bonds. The molecular formula is C16H26O2. The Kier molecular flexibility index (Phi) is 7.51. The van der Waals surface area contributed by atoms with Crippen LogP contribution in [-0.2, 0) is 0 Å². The van der Waals surface area contributed by atoms with Crippen LogP contribution in [0.15, 0.2) is 24.3 Å². The van der Waals surface area contributed by atoms with Crippen LogP contribution in [0.4, 0.5) is 0 Å². The number of rotatable bonds is 9. The number of unbranched alkanes of at least 4 members (excludes halogenated alkanes) is 3. The van der Waals surface area contributed by atoms with Gasteiger partial charge in [-0.05, 0) is 31.0 Å². The summed E-state index contributed by atoms with van der Waals surface area (Å²) in [6.45, 7) is 4.85. The normalized spacial score (nSPS) is 12.4. The molecule has 1 rings (SSSR count). The van der Waals surface area contributed by atoms with Gasteiger partial charge in [0.25, 0.3) is 0 Å². The monoisotopic (exact) mass is 250 g/mol. The molecule has 2 nitrogen and oxygen atoms in total. The maximum Gasteiger partial charge on any atom is 0.119 e. The third-order valence-corrected chi connectivity index (χ3v) is 3.10. The molecule has 0 aliphatic rings. The van der Waals surface area contributed by atoms with E-state index >= 15 is 0 Å². The highest BCUT2D eigenvalue weighted by atomic mass is 16.5. The van der Waals surface area contributed by atoms with Gasteiger partial charge in [-0.2, -0.15) is 0 Å². The maximum atomic E-state index is 9.80. The summed E-state index contributed by atoms with van der Waals surface area (Å²) in [4.78, 5) is 0. The van der Waals surface area contributed by atoms with E-state index in [1.807, 2.05) is 18.2 Å². The molecule has 18 heavy (non-hydrogen) atoms. The molecule has 0 aromatic heterocycles. The first-order valence-corrected chi connectivity index (χ1v) is 7.10. The molecule has 0 radical (unpaired) electrons. The van der Waals surface area contributed by atoms with Crippen LogP contribution in [0.5, 0.6) is 5.75 Å². The van der Waals surface area contributed by atoms with E-state index in [9.17, 15) is 5.11 Å². The summed E-state index contributed by atoms with van der Waals surface area (Å²) < 4.78 is 5.62. The Balaban J connectivity index is 2.09. The van der Waals surface area contributed by atoms with Crippen LogP contribution in [0.3, 0.4) is 0 Å². The summed E-state index contributed by atoms with van der Waals surface area (Å²) in [5.41, 5.74) is 1.20. The largest absolute Gasteiger partial charge is 0.493 e. The van der Waals surface area contributed by atoms with Crippen molar-refractivity contribution in [2.45, 2.75) is 58.5 Å². The van der Waals surface area contributed by atoms with Gasteiger partial charge in [0, 0.05) is 6.42 Å². The second-order valence-electron chi connectivity index (χ2n) is 4.96. The van der Waals surface area contributed by atoms with Gasteiger partial charge in [-0.15, -0.1) is 0 Å². The molecule has 0 bridgehead atoms. The number of hydrogen-bond donors (Lipinski definition) is 1. The first kappa shape index (κ1) is 15.0. The number of hydrogen-bond acceptors (Lipinski definition) is 2. The first-order chi connectivity index (χ1) is 8.72. The van der Waals surface area contributed by atoms with Gasteiger partial charge in [-0.25, -0.2) is 0 Å². The Bertz CT molecular complexity index is 323. The van der Waals surface area contributed by atoms with Gasteiger partial charge < -0.3 is 9.84 Å². The van der Waals surface area contributed by atoms with Crippen molar-refractivity contribution in [3.05, 3.63) is 29.8 Å². The molecule has 0 saturated carbocycles. The fraction of sp³-hybridized carbons (Fsp3) is 0.625. The van der Waals surface area contributed by atoms with Crippen LogP contribution in [0.25, 0.3) is 0 Å². The molecule has 2 heteroatoms. The summed E-state index contributed by atoms with van der Waals surface area (Å²) in [7, 11) is 0.